The highest BCUT2D eigenvalue weighted by molar-refractivity contribution is 7.92. The van der Waals surface area contributed by atoms with Gasteiger partial charge in [-0.2, -0.15) is 0 Å². The molecule has 1 aliphatic heterocycles. The van der Waals surface area contributed by atoms with Crippen molar-refractivity contribution < 1.29 is 22.7 Å². The molecule has 2 N–H and O–H groups in total. The van der Waals surface area contributed by atoms with E-state index in [0.29, 0.717) is 43.8 Å². The number of hydrogen-bond acceptors (Lipinski definition) is 7. The van der Waals surface area contributed by atoms with E-state index in [1.807, 2.05) is 66.2 Å². The average molecular weight is 590 g/mol. The maximum Gasteiger partial charge on any atom is 0.293 e. The van der Waals surface area contributed by atoms with Crippen molar-refractivity contribution in [1.82, 2.24) is 20.2 Å². The number of anilines is 1. The van der Waals surface area contributed by atoms with Gasteiger partial charge in [0.2, 0.25) is 10.0 Å². The molecule has 0 saturated carbocycles. The summed E-state index contributed by atoms with van der Waals surface area (Å²) in [6, 6.07) is 16.3. The number of ether oxygens (including phenoxy) is 1. The number of rotatable bonds is 12. The molecule has 0 aliphatic carbocycles. The Bertz CT molecular complexity index is 1660. The lowest BCUT2D eigenvalue weighted by Crippen LogP contribution is -2.50. The van der Waals surface area contributed by atoms with E-state index in [2.05, 4.69) is 15.6 Å². The van der Waals surface area contributed by atoms with Crippen LogP contribution in [0.1, 0.15) is 34.0 Å². The van der Waals surface area contributed by atoms with Crippen LogP contribution in [0.4, 0.5) is 5.69 Å². The molecule has 4 aromatic rings. The van der Waals surface area contributed by atoms with Gasteiger partial charge in [0, 0.05) is 56.2 Å². The van der Waals surface area contributed by atoms with Crippen molar-refractivity contribution in [1.29, 1.82) is 0 Å². The van der Waals surface area contributed by atoms with E-state index in [1.54, 1.807) is 18.5 Å². The number of benzene rings is 2. The molecule has 0 unspecified atom stereocenters. The number of pyridine rings is 1. The predicted octanol–water partition coefficient (Wildman–Crippen LogP) is 3.05. The Morgan fingerprint density at radius 3 is 2.64 bits per heavy atom. The number of carbonyl (C=O) groups excluding carboxylic acids is 2. The second-order valence-electron chi connectivity index (χ2n) is 10.4. The predicted molar refractivity (Wildman–Crippen MR) is 162 cm³/mol. The Kier molecular flexibility index (Phi) is 8.89. The quantitative estimate of drug-likeness (QED) is 0.244. The lowest BCUT2D eigenvalue weighted by Gasteiger charge is -2.27. The molecule has 220 valence electrons. The minimum Gasteiger partial charge on any atom is -0.461 e. The molecule has 5 rings (SSSR count). The van der Waals surface area contributed by atoms with E-state index < -0.39 is 22.2 Å². The van der Waals surface area contributed by atoms with Crippen LogP contribution in [-0.2, 0) is 45.5 Å². The molecule has 1 aliphatic rings. The van der Waals surface area contributed by atoms with E-state index in [-0.39, 0.29) is 11.7 Å². The smallest absolute Gasteiger partial charge is 0.293 e. The lowest BCUT2D eigenvalue weighted by molar-refractivity contribution is -0.134. The van der Waals surface area contributed by atoms with Crippen LogP contribution in [0.3, 0.4) is 0 Å². The summed E-state index contributed by atoms with van der Waals surface area (Å²) in [5, 5.41) is 7.25. The van der Waals surface area contributed by atoms with Crippen LogP contribution in [0.15, 0.2) is 73.2 Å². The lowest BCUT2D eigenvalue weighted by atomic mass is 9.99. The summed E-state index contributed by atoms with van der Waals surface area (Å²) in [6.07, 6.45) is 5.91. The van der Waals surface area contributed by atoms with Gasteiger partial charge in [-0.3, -0.25) is 18.9 Å². The third-order valence-electron chi connectivity index (χ3n) is 7.72. The summed E-state index contributed by atoms with van der Waals surface area (Å²) in [6.45, 7) is 3.58. The van der Waals surface area contributed by atoms with Crippen LogP contribution >= 0.6 is 0 Å². The van der Waals surface area contributed by atoms with Gasteiger partial charge in [0.05, 0.1) is 23.0 Å². The van der Waals surface area contributed by atoms with Gasteiger partial charge < -0.3 is 19.9 Å². The van der Waals surface area contributed by atoms with Gasteiger partial charge in [0.25, 0.3) is 12.4 Å². The molecule has 2 aromatic carbocycles. The molecule has 11 heteroatoms. The Balaban J connectivity index is 1.46. The van der Waals surface area contributed by atoms with Gasteiger partial charge >= 0.3 is 0 Å². The number of sulfonamides is 1. The van der Waals surface area contributed by atoms with Crippen molar-refractivity contribution in [2.75, 3.05) is 23.7 Å². The first-order valence-electron chi connectivity index (χ1n) is 14.0. The van der Waals surface area contributed by atoms with Gasteiger partial charge in [-0.25, -0.2) is 8.42 Å². The number of aryl methyl sites for hydroxylation is 2. The van der Waals surface area contributed by atoms with Crippen molar-refractivity contribution in [2.45, 2.75) is 45.0 Å². The van der Waals surface area contributed by atoms with Crippen LogP contribution in [0.2, 0.25) is 0 Å². The zero-order valence-corrected chi connectivity index (χ0v) is 24.5. The molecule has 0 bridgehead atoms. The Morgan fingerprint density at radius 1 is 1.14 bits per heavy atom. The van der Waals surface area contributed by atoms with E-state index in [0.717, 1.165) is 34.0 Å². The fourth-order valence-electron chi connectivity index (χ4n) is 5.43. The number of amides is 1. The molecule has 1 amide bonds. The Morgan fingerprint density at radius 2 is 1.93 bits per heavy atom. The molecule has 3 heterocycles. The Hall–Kier alpha value is -4.22. The Labute approximate surface area is 245 Å². The molecular weight excluding hydrogens is 554 g/mol. The molecule has 0 fully saturated rings. The standard InChI is InChI=1S/C31H35N5O5S/c1-3-24-20-36-12-13-42(39,40)35(2)28-16-25(15-26(24)30(28)36)31(38)34-27(14-22-8-5-4-6-9-22)29(41-21-37)19-33-18-23-10-7-11-32-17-23/h4-11,15-17,20-21,27,29,33H,3,12-14,18-19H2,1-2H3,(H,34,38)/t27-,29+/m0/s1. The molecule has 42 heavy (non-hydrogen) atoms. The molecular formula is C31H35N5O5S. The van der Waals surface area contributed by atoms with Gasteiger partial charge in [0.15, 0.2) is 0 Å². The highest BCUT2D eigenvalue weighted by atomic mass is 32.2. The second-order valence-corrected chi connectivity index (χ2v) is 12.5. The minimum absolute atomic E-state index is 0.0252. The number of nitrogens with zero attached hydrogens (tertiary/aromatic N) is 3. The third kappa shape index (κ3) is 6.32. The monoisotopic (exact) mass is 589 g/mol. The number of carbonyl (C=O) groups is 2. The van der Waals surface area contributed by atoms with E-state index in [1.165, 1.54) is 11.4 Å². The van der Waals surface area contributed by atoms with Crippen molar-refractivity contribution in [3.8, 4) is 0 Å². The van der Waals surface area contributed by atoms with Gasteiger partial charge in [-0.15, -0.1) is 0 Å². The molecule has 0 spiro atoms. The van der Waals surface area contributed by atoms with E-state index >= 15 is 0 Å². The molecule has 2 aromatic heterocycles. The van der Waals surface area contributed by atoms with Crippen LogP contribution in [0.25, 0.3) is 10.9 Å². The third-order valence-corrected chi connectivity index (χ3v) is 9.45. The normalized spacial score (nSPS) is 15.5. The summed E-state index contributed by atoms with van der Waals surface area (Å²) >= 11 is 0. The topological polar surface area (TPSA) is 123 Å². The summed E-state index contributed by atoms with van der Waals surface area (Å²) in [4.78, 5) is 29.6. The van der Waals surface area contributed by atoms with E-state index in [4.69, 9.17) is 4.74 Å². The molecule has 0 radical (unpaired) electrons. The maximum atomic E-state index is 13.9. The van der Waals surface area contributed by atoms with Crippen LogP contribution in [-0.4, -0.2) is 61.8 Å². The zero-order chi connectivity index (χ0) is 29.7. The molecule has 0 saturated heterocycles. The number of aromatic nitrogens is 2. The number of hydrogen-bond donors (Lipinski definition) is 2. The maximum absolute atomic E-state index is 13.9. The summed E-state index contributed by atoms with van der Waals surface area (Å²) in [7, 11) is -2.02. The fraction of sp³-hybridized carbons (Fsp3) is 0.323. The van der Waals surface area contributed by atoms with Crippen LogP contribution in [0, 0.1) is 0 Å². The van der Waals surface area contributed by atoms with Crippen molar-refractivity contribution in [3.05, 3.63) is 95.4 Å². The minimum atomic E-state index is -3.55. The summed E-state index contributed by atoms with van der Waals surface area (Å²) in [5.41, 5.74) is 4.58. The molecule has 2 atom stereocenters. The van der Waals surface area contributed by atoms with Crippen molar-refractivity contribution >= 4 is 39.0 Å². The first kappa shape index (κ1) is 29.3. The number of nitrogens with one attached hydrogen (secondary N) is 2. The first-order chi connectivity index (χ1) is 20.3. The van der Waals surface area contributed by atoms with Gasteiger partial charge in [-0.05, 0) is 47.7 Å². The zero-order valence-electron chi connectivity index (χ0n) is 23.7. The van der Waals surface area contributed by atoms with Gasteiger partial charge in [0.1, 0.15) is 6.10 Å². The van der Waals surface area contributed by atoms with Crippen LogP contribution in [0.5, 0.6) is 0 Å². The fourth-order valence-corrected chi connectivity index (χ4v) is 6.57. The summed E-state index contributed by atoms with van der Waals surface area (Å²) in [5.74, 6) is -0.409. The highest BCUT2D eigenvalue weighted by Gasteiger charge is 2.30. The second kappa shape index (κ2) is 12.7. The first-order valence-corrected chi connectivity index (χ1v) is 15.6. The largest absolute Gasteiger partial charge is 0.461 e. The molecule has 10 nitrogen and oxygen atoms in total. The summed E-state index contributed by atoms with van der Waals surface area (Å²) < 4.78 is 34.6. The average Bonchev–Trinajstić information content (AvgIpc) is 3.33. The van der Waals surface area contributed by atoms with Gasteiger partial charge in [-0.1, -0.05) is 43.3 Å². The van der Waals surface area contributed by atoms with E-state index in [9.17, 15) is 18.0 Å². The SMILES string of the molecule is CCc1cn2c3c(cc(C(=O)N[C@@H](Cc4ccccc4)[C@@H](CNCc4cccnc4)OC=O)cc13)N(C)S(=O)(=O)CC2. The van der Waals surface area contributed by atoms with Crippen molar-refractivity contribution in [2.24, 2.45) is 0 Å². The van der Waals surface area contributed by atoms with Crippen molar-refractivity contribution in [3.63, 3.8) is 0 Å². The highest BCUT2D eigenvalue weighted by Crippen LogP contribution is 2.35. The van der Waals surface area contributed by atoms with Crippen LogP contribution < -0.4 is 14.9 Å².